The predicted octanol–water partition coefficient (Wildman–Crippen LogP) is 3.80. The maximum absolute atomic E-state index is 12.5. The predicted molar refractivity (Wildman–Crippen MR) is 103 cm³/mol. The normalized spacial score (nSPS) is 12.8. The number of methoxy groups -OCH3 is 2. The van der Waals surface area contributed by atoms with E-state index < -0.39 is 0 Å². The summed E-state index contributed by atoms with van der Waals surface area (Å²) in [5, 5.41) is 4.01. The summed E-state index contributed by atoms with van der Waals surface area (Å²) in [5.74, 6) is 1.40. The molecular weight excluding hydrogens is 342 g/mol. The van der Waals surface area contributed by atoms with Crippen LogP contribution in [-0.4, -0.2) is 20.1 Å². The first-order chi connectivity index (χ1) is 13.2. The second-order valence-electron chi connectivity index (χ2n) is 6.86. The number of carbonyl (C=O) groups excluding carboxylic acids is 1. The Kier molecular flexibility index (Phi) is 4.75. The molecule has 0 bridgehead atoms. The third-order valence-corrected chi connectivity index (χ3v) is 5.18. The molecule has 1 aliphatic carbocycles. The minimum Gasteiger partial charge on any atom is -0.497 e. The number of carbonyl (C=O) groups is 1. The lowest BCUT2D eigenvalue weighted by molar-refractivity contribution is -0.120. The van der Waals surface area contributed by atoms with Gasteiger partial charge in [0, 0.05) is 23.1 Å². The minimum absolute atomic E-state index is 0.0527. The standard InChI is InChI=1S/C22H23NO4/c1-25-18-6-7-20(26-2)16(8-18)12-23-22(24)11-17-13-27-21-10-15-5-3-4-14(15)9-19(17)21/h6-10,13H,3-5,11-12H2,1-2H3,(H,23,24). The number of benzene rings is 2. The fraction of sp³-hybridized carbons (Fsp3) is 0.318. The van der Waals surface area contributed by atoms with Gasteiger partial charge in [0.25, 0.3) is 0 Å². The lowest BCUT2D eigenvalue weighted by Gasteiger charge is -2.11. The van der Waals surface area contributed by atoms with Crippen LogP contribution in [0.3, 0.4) is 0 Å². The van der Waals surface area contributed by atoms with Gasteiger partial charge in [0.15, 0.2) is 0 Å². The molecule has 1 N–H and O–H groups in total. The lowest BCUT2D eigenvalue weighted by Crippen LogP contribution is -2.24. The van der Waals surface area contributed by atoms with Crippen molar-refractivity contribution in [2.24, 2.45) is 0 Å². The summed E-state index contributed by atoms with van der Waals surface area (Å²) < 4.78 is 16.3. The highest BCUT2D eigenvalue weighted by molar-refractivity contribution is 5.88. The lowest BCUT2D eigenvalue weighted by atomic mass is 10.0. The van der Waals surface area contributed by atoms with E-state index in [2.05, 4.69) is 17.4 Å². The summed E-state index contributed by atoms with van der Waals surface area (Å²) in [6, 6.07) is 9.86. The zero-order valence-corrected chi connectivity index (χ0v) is 15.6. The molecule has 27 heavy (non-hydrogen) atoms. The van der Waals surface area contributed by atoms with Gasteiger partial charge in [0.05, 0.1) is 26.9 Å². The SMILES string of the molecule is COc1ccc(OC)c(CNC(=O)Cc2coc3cc4c(cc23)CCC4)c1. The fourth-order valence-corrected chi connectivity index (χ4v) is 3.73. The maximum Gasteiger partial charge on any atom is 0.224 e. The van der Waals surface area contributed by atoms with Crippen molar-refractivity contribution in [3.8, 4) is 11.5 Å². The van der Waals surface area contributed by atoms with Crippen LogP contribution in [0.5, 0.6) is 11.5 Å². The number of amides is 1. The molecule has 0 saturated heterocycles. The number of hydrogen-bond acceptors (Lipinski definition) is 4. The van der Waals surface area contributed by atoms with Crippen LogP contribution in [0.15, 0.2) is 41.0 Å². The van der Waals surface area contributed by atoms with Gasteiger partial charge in [0.2, 0.25) is 5.91 Å². The van der Waals surface area contributed by atoms with Crippen LogP contribution in [0.1, 0.15) is 28.7 Å². The highest BCUT2D eigenvalue weighted by Gasteiger charge is 2.17. The van der Waals surface area contributed by atoms with Crippen molar-refractivity contribution in [3.05, 3.63) is 58.8 Å². The van der Waals surface area contributed by atoms with E-state index in [0.717, 1.165) is 46.4 Å². The molecule has 0 spiro atoms. The first-order valence-electron chi connectivity index (χ1n) is 9.17. The first kappa shape index (κ1) is 17.5. The van der Waals surface area contributed by atoms with Crippen LogP contribution in [0, 0.1) is 0 Å². The van der Waals surface area contributed by atoms with Gasteiger partial charge < -0.3 is 19.2 Å². The van der Waals surface area contributed by atoms with E-state index in [1.807, 2.05) is 18.2 Å². The molecule has 4 rings (SSSR count). The zero-order valence-electron chi connectivity index (χ0n) is 15.6. The van der Waals surface area contributed by atoms with Crippen molar-refractivity contribution in [1.29, 1.82) is 0 Å². The van der Waals surface area contributed by atoms with Crippen molar-refractivity contribution in [1.82, 2.24) is 5.32 Å². The molecule has 1 aliphatic rings. The molecule has 3 aromatic rings. The Morgan fingerprint density at radius 1 is 1.07 bits per heavy atom. The molecule has 5 heteroatoms. The molecule has 5 nitrogen and oxygen atoms in total. The zero-order chi connectivity index (χ0) is 18.8. The summed E-state index contributed by atoms with van der Waals surface area (Å²) in [6.45, 7) is 0.379. The summed E-state index contributed by atoms with van der Waals surface area (Å²) in [5.41, 5.74) is 5.42. The van der Waals surface area contributed by atoms with Crippen molar-refractivity contribution in [3.63, 3.8) is 0 Å². The number of aryl methyl sites for hydroxylation is 2. The molecule has 1 amide bonds. The van der Waals surface area contributed by atoms with Gasteiger partial charge in [-0.25, -0.2) is 0 Å². The molecule has 0 fully saturated rings. The number of furan rings is 1. The highest BCUT2D eigenvalue weighted by atomic mass is 16.5. The van der Waals surface area contributed by atoms with Crippen molar-refractivity contribution in [2.45, 2.75) is 32.2 Å². The van der Waals surface area contributed by atoms with Gasteiger partial charge in [-0.15, -0.1) is 0 Å². The third kappa shape index (κ3) is 3.50. The minimum atomic E-state index is -0.0527. The second-order valence-corrected chi connectivity index (χ2v) is 6.86. The summed E-state index contributed by atoms with van der Waals surface area (Å²) in [4.78, 5) is 12.5. The number of hydrogen-bond donors (Lipinski definition) is 1. The van der Waals surface area contributed by atoms with E-state index in [1.165, 1.54) is 17.5 Å². The molecule has 0 unspecified atom stereocenters. The summed E-state index contributed by atoms with van der Waals surface area (Å²) in [6.07, 6.45) is 5.41. The van der Waals surface area contributed by atoms with E-state index in [4.69, 9.17) is 13.9 Å². The molecule has 1 heterocycles. The van der Waals surface area contributed by atoms with Gasteiger partial charge in [-0.2, -0.15) is 0 Å². The molecule has 0 radical (unpaired) electrons. The number of nitrogens with one attached hydrogen (secondary N) is 1. The Morgan fingerprint density at radius 2 is 1.89 bits per heavy atom. The van der Waals surface area contributed by atoms with Crippen LogP contribution in [0.2, 0.25) is 0 Å². The topological polar surface area (TPSA) is 60.7 Å². The van der Waals surface area contributed by atoms with Crippen molar-refractivity contribution >= 4 is 16.9 Å². The van der Waals surface area contributed by atoms with Crippen LogP contribution in [0.4, 0.5) is 0 Å². The monoisotopic (exact) mass is 365 g/mol. The van der Waals surface area contributed by atoms with Crippen LogP contribution in [0.25, 0.3) is 11.0 Å². The van der Waals surface area contributed by atoms with Crippen LogP contribution < -0.4 is 14.8 Å². The average molecular weight is 365 g/mol. The van der Waals surface area contributed by atoms with E-state index >= 15 is 0 Å². The Hall–Kier alpha value is -2.95. The Morgan fingerprint density at radius 3 is 2.67 bits per heavy atom. The number of fused-ring (bicyclic) bond motifs is 2. The smallest absolute Gasteiger partial charge is 0.224 e. The molecule has 140 valence electrons. The summed E-state index contributed by atoms with van der Waals surface area (Å²) >= 11 is 0. The quantitative estimate of drug-likeness (QED) is 0.722. The Bertz CT molecular complexity index is 989. The van der Waals surface area contributed by atoms with E-state index in [0.29, 0.717) is 6.54 Å². The molecule has 0 aliphatic heterocycles. The van der Waals surface area contributed by atoms with Gasteiger partial charge >= 0.3 is 0 Å². The van der Waals surface area contributed by atoms with Gasteiger partial charge in [-0.05, 0) is 60.7 Å². The van der Waals surface area contributed by atoms with Gasteiger partial charge in [-0.3, -0.25) is 4.79 Å². The third-order valence-electron chi connectivity index (χ3n) is 5.18. The Balaban J connectivity index is 1.47. The number of ether oxygens (including phenoxy) is 2. The van der Waals surface area contributed by atoms with E-state index in [-0.39, 0.29) is 12.3 Å². The Labute approximate surface area is 158 Å². The number of rotatable bonds is 6. The summed E-state index contributed by atoms with van der Waals surface area (Å²) in [7, 11) is 3.23. The van der Waals surface area contributed by atoms with Crippen molar-refractivity contribution < 1.29 is 18.7 Å². The average Bonchev–Trinajstić information content (AvgIpc) is 3.30. The van der Waals surface area contributed by atoms with Gasteiger partial charge in [-0.1, -0.05) is 0 Å². The highest BCUT2D eigenvalue weighted by Crippen LogP contribution is 2.30. The molecule has 2 aromatic carbocycles. The van der Waals surface area contributed by atoms with Crippen LogP contribution >= 0.6 is 0 Å². The van der Waals surface area contributed by atoms with Crippen LogP contribution in [-0.2, 0) is 30.6 Å². The maximum atomic E-state index is 12.5. The first-order valence-corrected chi connectivity index (χ1v) is 9.17. The molecule has 0 saturated carbocycles. The largest absolute Gasteiger partial charge is 0.497 e. The van der Waals surface area contributed by atoms with E-state index in [9.17, 15) is 4.79 Å². The second kappa shape index (κ2) is 7.35. The van der Waals surface area contributed by atoms with Crippen molar-refractivity contribution in [2.75, 3.05) is 14.2 Å². The molecule has 0 atom stereocenters. The van der Waals surface area contributed by atoms with E-state index in [1.54, 1.807) is 20.5 Å². The van der Waals surface area contributed by atoms with Gasteiger partial charge in [0.1, 0.15) is 17.1 Å². The fourth-order valence-electron chi connectivity index (χ4n) is 3.73. The molecular formula is C22H23NO4. The molecule has 1 aromatic heterocycles.